The lowest BCUT2D eigenvalue weighted by Crippen LogP contribution is -2.33. The van der Waals surface area contributed by atoms with Crippen LogP contribution in [0.4, 0.5) is 10.3 Å². The Morgan fingerprint density at radius 3 is 2.93 bits per heavy atom. The highest BCUT2D eigenvalue weighted by atomic mass is 35.5. The summed E-state index contributed by atoms with van der Waals surface area (Å²) in [5.74, 6) is -0.793. The summed E-state index contributed by atoms with van der Waals surface area (Å²) in [4.78, 5) is 32.5. The van der Waals surface area contributed by atoms with Crippen LogP contribution in [0.3, 0.4) is 0 Å². The van der Waals surface area contributed by atoms with E-state index in [9.17, 15) is 14.0 Å². The highest BCUT2D eigenvalue weighted by Crippen LogP contribution is 2.24. The zero-order valence-corrected chi connectivity index (χ0v) is 16.6. The predicted molar refractivity (Wildman–Crippen MR) is 111 cm³/mol. The number of aliphatic imine (C=N–C) groups is 1. The van der Waals surface area contributed by atoms with Gasteiger partial charge in [-0.3, -0.25) is 9.59 Å². The van der Waals surface area contributed by atoms with Gasteiger partial charge in [0.15, 0.2) is 0 Å². The van der Waals surface area contributed by atoms with E-state index in [-0.39, 0.29) is 35.1 Å². The van der Waals surface area contributed by atoms with Gasteiger partial charge >= 0.3 is 5.56 Å². The Bertz CT molecular complexity index is 1210. The third kappa shape index (κ3) is 3.95. The second-order valence-electron chi connectivity index (χ2n) is 6.63. The maximum absolute atomic E-state index is 13.5. The van der Waals surface area contributed by atoms with Gasteiger partial charge in [-0.1, -0.05) is 29.8 Å². The smallest absolute Gasteiger partial charge is 0.316 e. The predicted octanol–water partition coefficient (Wildman–Crippen LogP) is 2.92. The normalized spacial score (nSPS) is 18.8. The number of aromatic nitrogens is 2. The van der Waals surface area contributed by atoms with Gasteiger partial charge < -0.3 is 14.6 Å². The molecule has 7 nitrogen and oxygen atoms in total. The van der Waals surface area contributed by atoms with Gasteiger partial charge in [-0.05, 0) is 29.8 Å². The second kappa shape index (κ2) is 8.08. The van der Waals surface area contributed by atoms with E-state index in [1.165, 1.54) is 31.5 Å². The molecule has 2 aromatic rings. The average molecular weight is 427 g/mol. The van der Waals surface area contributed by atoms with Crippen LogP contribution in [-0.2, 0) is 11.3 Å². The van der Waals surface area contributed by atoms with Gasteiger partial charge in [0.05, 0.1) is 36.5 Å². The SMILES string of the molecule is COc1cn(Cc2ccc(F)c(Cl)c2)c(/N=C2/C=CC=C3NC(=O)C=CC32)nc1=O. The molecule has 0 radical (unpaired) electrons. The maximum Gasteiger partial charge on any atom is 0.316 e. The average Bonchev–Trinajstić information content (AvgIpc) is 2.72. The molecule has 4 rings (SSSR count). The molecule has 0 fully saturated rings. The third-order valence-electron chi connectivity index (χ3n) is 4.63. The third-order valence-corrected chi connectivity index (χ3v) is 4.92. The summed E-state index contributed by atoms with van der Waals surface area (Å²) in [7, 11) is 1.37. The fourth-order valence-corrected chi connectivity index (χ4v) is 3.38. The number of carbonyl (C=O) groups excluding carboxylic acids is 1. The van der Waals surface area contributed by atoms with Crippen LogP contribution in [0.1, 0.15) is 5.56 Å². The van der Waals surface area contributed by atoms with Crippen LogP contribution in [0.5, 0.6) is 5.75 Å². The van der Waals surface area contributed by atoms with E-state index in [4.69, 9.17) is 16.3 Å². The lowest BCUT2D eigenvalue weighted by atomic mass is 9.92. The van der Waals surface area contributed by atoms with E-state index < -0.39 is 11.4 Å². The highest BCUT2D eigenvalue weighted by molar-refractivity contribution is 6.30. The Kier molecular flexibility index (Phi) is 5.33. The number of hydrogen-bond acceptors (Lipinski definition) is 5. The monoisotopic (exact) mass is 426 g/mol. The minimum Gasteiger partial charge on any atom is -0.490 e. The molecule has 1 amide bonds. The molecule has 0 saturated heterocycles. The van der Waals surface area contributed by atoms with Crippen LogP contribution in [-0.4, -0.2) is 28.3 Å². The Hall–Kier alpha value is -3.52. The molecule has 1 unspecified atom stereocenters. The van der Waals surface area contributed by atoms with Crippen LogP contribution in [0.15, 0.2) is 70.3 Å². The zero-order chi connectivity index (χ0) is 21.3. The van der Waals surface area contributed by atoms with E-state index in [1.54, 1.807) is 34.9 Å². The molecule has 152 valence electrons. The summed E-state index contributed by atoms with van der Waals surface area (Å²) >= 11 is 5.89. The number of fused-ring (bicyclic) bond motifs is 1. The Morgan fingerprint density at radius 2 is 2.17 bits per heavy atom. The number of methoxy groups -OCH3 is 1. The summed E-state index contributed by atoms with van der Waals surface area (Å²) in [6.45, 7) is 0.236. The first-order chi connectivity index (χ1) is 14.4. The molecule has 9 heteroatoms. The maximum atomic E-state index is 13.5. The van der Waals surface area contributed by atoms with Crippen LogP contribution >= 0.6 is 11.6 Å². The zero-order valence-electron chi connectivity index (χ0n) is 15.8. The number of hydrogen-bond donors (Lipinski definition) is 1. The summed E-state index contributed by atoms with van der Waals surface area (Å²) in [6, 6.07) is 4.36. The van der Waals surface area contributed by atoms with Crippen molar-refractivity contribution in [3.05, 3.63) is 87.2 Å². The van der Waals surface area contributed by atoms with Crippen molar-refractivity contribution in [3.8, 4) is 5.75 Å². The van der Waals surface area contributed by atoms with E-state index in [1.807, 2.05) is 0 Å². The van der Waals surface area contributed by atoms with E-state index >= 15 is 0 Å². The highest BCUT2D eigenvalue weighted by Gasteiger charge is 2.24. The summed E-state index contributed by atoms with van der Waals surface area (Å²) < 4.78 is 20.2. The molecule has 1 aliphatic carbocycles. The molecule has 1 atom stereocenters. The van der Waals surface area contributed by atoms with Crippen molar-refractivity contribution in [2.45, 2.75) is 6.54 Å². The van der Waals surface area contributed by atoms with Crippen molar-refractivity contribution in [2.75, 3.05) is 7.11 Å². The van der Waals surface area contributed by atoms with Gasteiger partial charge in [-0.15, -0.1) is 0 Å². The lowest BCUT2D eigenvalue weighted by Gasteiger charge is -2.24. The van der Waals surface area contributed by atoms with Crippen molar-refractivity contribution in [2.24, 2.45) is 10.9 Å². The Labute approximate surface area is 175 Å². The van der Waals surface area contributed by atoms with Crippen LogP contribution in [0, 0.1) is 11.7 Å². The van der Waals surface area contributed by atoms with Crippen molar-refractivity contribution in [3.63, 3.8) is 0 Å². The molecule has 30 heavy (non-hydrogen) atoms. The number of allylic oxidation sites excluding steroid dienone is 4. The fourth-order valence-electron chi connectivity index (χ4n) is 3.17. The van der Waals surface area contributed by atoms with Crippen molar-refractivity contribution >= 4 is 29.2 Å². The van der Waals surface area contributed by atoms with Crippen LogP contribution < -0.4 is 15.6 Å². The minimum absolute atomic E-state index is 0.00518. The molecule has 0 spiro atoms. The largest absolute Gasteiger partial charge is 0.490 e. The topological polar surface area (TPSA) is 85.6 Å². The first-order valence-corrected chi connectivity index (χ1v) is 9.38. The van der Waals surface area contributed by atoms with E-state index in [0.717, 1.165) is 0 Å². The molecular weight excluding hydrogens is 411 g/mol. The van der Waals surface area contributed by atoms with Crippen molar-refractivity contribution < 1.29 is 13.9 Å². The molecule has 1 aromatic heterocycles. The van der Waals surface area contributed by atoms with E-state index in [0.29, 0.717) is 17.0 Å². The van der Waals surface area contributed by atoms with Gasteiger partial charge in [0, 0.05) is 11.8 Å². The summed E-state index contributed by atoms with van der Waals surface area (Å²) in [6.07, 6.45) is 10.00. The number of nitrogens with one attached hydrogen (secondary N) is 1. The van der Waals surface area contributed by atoms with Gasteiger partial charge in [0.25, 0.3) is 0 Å². The quantitative estimate of drug-likeness (QED) is 0.814. The second-order valence-corrected chi connectivity index (χ2v) is 7.04. The molecule has 1 N–H and O–H groups in total. The Morgan fingerprint density at radius 1 is 1.33 bits per heavy atom. The van der Waals surface area contributed by atoms with Crippen molar-refractivity contribution in [1.82, 2.24) is 14.9 Å². The van der Waals surface area contributed by atoms with Gasteiger partial charge in [-0.2, -0.15) is 4.98 Å². The first kappa shape index (κ1) is 19.8. The summed E-state index contributed by atoms with van der Waals surface area (Å²) in [5, 5.41) is 2.77. The number of halogens is 2. The number of benzene rings is 1. The number of rotatable bonds is 4. The first-order valence-electron chi connectivity index (χ1n) is 9.00. The number of amides is 1. The number of ether oxygens (including phenoxy) is 1. The van der Waals surface area contributed by atoms with Crippen LogP contribution in [0.2, 0.25) is 5.02 Å². The molecule has 2 heterocycles. The minimum atomic E-state index is -0.562. The number of carbonyl (C=O) groups is 1. The Balaban J connectivity index is 1.77. The van der Waals surface area contributed by atoms with Gasteiger partial charge in [-0.25, -0.2) is 9.38 Å². The fraction of sp³-hybridized carbons (Fsp3) is 0.143. The lowest BCUT2D eigenvalue weighted by molar-refractivity contribution is -0.116. The van der Waals surface area contributed by atoms with E-state index in [2.05, 4.69) is 15.3 Å². The molecule has 1 aromatic carbocycles. The molecule has 2 aliphatic rings. The van der Waals surface area contributed by atoms with Gasteiger partial charge in [0.1, 0.15) is 5.82 Å². The number of nitrogens with zero attached hydrogens (tertiary/aromatic N) is 3. The molecule has 1 aliphatic heterocycles. The van der Waals surface area contributed by atoms with Gasteiger partial charge in [0.2, 0.25) is 17.6 Å². The van der Waals surface area contributed by atoms with Crippen molar-refractivity contribution in [1.29, 1.82) is 0 Å². The van der Waals surface area contributed by atoms with Crippen LogP contribution in [0.25, 0.3) is 0 Å². The molecule has 0 saturated carbocycles. The molecule has 0 bridgehead atoms. The molecular formula is C21H16ClFN4O3. The standard InChI is InChI=1S/C21H16ClFN4O3/c1-30-18-11-27(10-12-5-7-15(23)14(22)9-12)21(26-20(18)29)25-17-4-2-3-16-13(17)6-8-19(28)24-16/h2-9,11,13H,10H2,1H3,(H,24,28)/b25-17-. The summed E-state index contributed by atoms with van der Waals surface area (Å²) in [5.41, 5.74) is 1.43.